The van der Waals surface area contributed by atoms with Crippen molar-refractivity contribution in [1.29, 1.82) is 0 Å². The molecule has 0 aromatic heterocycles. The second-order valence-corrected chi connectivity index (χ2v) is 4.21. The van der Waals surface area contributed by atoms with Gasteiger partial charge < -0.3 is 4.90 Å². The van der Waals surface area contributed by atoms with E-state index in [0.29, 0.717) is 0 Å². The molecule has 72 valence electrons. The Bertz CT molecular complexity index is 260. The van der Waals surface area contributed by atoms with Crippen molar-refractivity contribution in [3.05, 3.63) is 35.4 Å². The van der Waals surface area contributed by atoms with Gasteiger partial charge in [-0.3, -0.25) is 0 Å². The number of nitrogens with zero attached hydrogens (tertiary/aromatic N) is 1. The smallest absolute Gasteiger partial charge is 0.0231 e. The van der Waals surface area contributed by atoms with Gasteiger partial charge in [0.25, 0.3) is 0 Å². The Kier molecular flexibility index (Phi) is 4.46. The van der Waals surface area contributed by atoms with Gasteiger partial charge in [0.05, 0.1) is 0 Å². The standard InChI is InChI=1S/C11H16BrN/c1-10-4-3-5-11(8-10)9-13(2)7-6-12/h3-5,8H,6-7,9H2,1-2H3. The van der Waals surface area contributed by atoms with Gasteiger partial charge in [0.2, 0.25) is 0 Å². The van der Waals surface area contributed by atoms with Crippen LogP contribution in [0.15, 0.2) is 24.3 Å². The number of hydrogen-bond donors (Lipinski definition) is 0. The van der Waals surface area contributed by atoms with E-state index in [1.165, 1.54) is 11.1 Å². The van der Waals surface area contributed by atoms with Crippen LogP contribution < -0.4 is 0 Å². The first kappa shape index (κ1) is 10.7. The van der Waals surface area contributed by atoms with E-state index in [2.05, 4.69) is 59.1 Å². The molecule has 0 spiro atoms. The van der Waals surface area contributed by atoms with Crippen LogP contribution in [0.1, 0.15) is 11.1 Å². The van der Waals surface area contributed by atoms with Crippen molar-refractivity contribution in [1.82, 2.24) is 4.90 Å². The summed E-state index contributed by atoms with van der Waals surface area (Å²) in [5.74, 6) is 0. The summed E-state index contributed by atoms with van der Waals surface area (Å²) in [6.07, 6.45) is 0. The zero-order valence-electron chi connectivity index (χ0n) is 8.26. The highest BCUT2D eigenvalue weighted by Crippen LogP contribution is 2.06. The monoisotopic (exact) mass is 241 g/mol. The van der Waals surface area contributed by atoms with Gasteiger partial charge in [-0.05, 0) is 19.5 Å². The first-order valence-corrected chi connectivity index (χ1v) is 5.64. The second-order valence-electron chi connectivity index (χ2n) is 3.42. The second kappa shape index (κ2) is 5.40. The number of benzene rings is 1. The molecule has 0 amide bonds. The van der Waals surface area contributed by atoms with Gasteiger partial charge in [0, 0.05) is 18.4 Å². The first-order chi connectivity index (χ1) is 6.22. The highest BCUT2D eigenvalue weighted by Gasteiger charge is 1.98. The van der Waals surface area contributed by atoms with Gasteiger partial charge in [-0.1, -0.05) is 45.8 Å². The molecule has 2 heteroatoms. The molecule has 1 rings (SSSR count). The Morgan fingerprint density at radius 3 is 2.77 bits per heavy atom. The fourth-order valence-corrected chi connectivity index (χ4v) is 1.95. The van der Waals surface area contributed by atoms with Crippen LogP contribution in [0.4, 0.5) is 0 Å². The van der Waals surface area contributed by atoms with Crippen LogP contribution >= 0.6 is 15.9 Å². The quantitative estimate of drug-likeness (QED) is 0.734. The summed E-state index contributed by atoms with van der Waals surface area (Å²) in [6.45, 7) is 4.26. The van der Waals surface area contributed by atoms with Crippen molar-refractivity contribution in [2.75, 3.05) is 18.9 Å². The van der Waals surface area contributed by atoms with E-state index in [0.717, 1.165) is 18.4 Å². The molecule has 0 bridgehead atoms. The molecular weight excluding hydrogens is 226 g/mol. The Hall–Kier alpha value is -0.340. The Labute approximate surface area is 88.9 Å². The van der Waals surface area contributed by atoms with Crippen molar-refractivity contribution in [3.63, 3.8) is 0 Å². The minimum absolute atomic E-state index is 1.04. The van der Waals surface area contributed by atoms with Crippen LogP contribution in [-0.2, 0) is 6.54 Å². The summed E-state index contributed by atoms with van der Waals surface area (Å²) in [5, 5.41) is 1.04. The molecule has 0 radical (unpaired) electrons. The number of aryl methyl sites for hydroxylation is 1. The molecule has 0 fully saturated rings. The molecule has 0 atom stereocenters. The number of alkyl halides is 1. The Morgan fingerprint density at radius 1 is 1.38 bits per heavy atom. The molecule has 0 aliphatic heterocycles. The maximum absolute atomic E-state index is 3.44. The predicted octanol–water partition coefficient (Wildman–Crippen LogP) is 2.82. The molecule has 0 N–H and O–H groups in total. The predicted molar refractivity (Wildman–Crippen MR) is 61.3 cm³/mol. The number of hydrogen-bond acceptors (Lipinski definition) is 1. The Morgan fingerprint density at radius 2 is 2.15 bits per heavy atom. The van der Waals surface area contributed by atoms with Gasteiger partial charge in [0.15, 0.2) is 0 Å². The maximum Gasteiger partial charge on any atom is 0.0231 e. The summed E-state index contributed by atoms with van der Waals surface area (Å²) in [6, 6.07) is 8.67. The molecule has 1 aromatic rings. The third kappa shape index (κ3) is 3.92. The lowest BCUT2D eigenvalue weighted by Gasteiger charge is -2.15. The zero-order chi connectivity index (χ0) is 9.68. The van der Waals surface area contributed by atoms with Crippen LogP contribution in [0.2, 0.25) is 0 Å². The number of halogens is 1. The summed E-state index contributed by atoms with van der Waals surface area (Å²) in [4.78, 5) is 2.31. The van der Waals surface area contributed by atoms with Crippen LogP contribution in [0.5, 0.6) is 0 Å². The van der Waals surface area contributed by atoms with Gasteiger partial charge >= 0.3 is 0 Å². The summed E-state index contributed by atoms with van der Waals surface area (Å²) in [5.41, 5.74) is 2.73. The van der Waals surface area contributed by atoms with Gasteiger partial charge in [-0.15, -0.1) is 0 Å². The van der Waals surface area contributed by atoms with E-state index < -0.39 is 0 Å². The largest absolute Gasteiger partial charge is 0.301 e. The van der Waals surface area contributed by atoms with Crippen molar-refractivity contribution < 1.29 is 0 Å². The van der Waals surface area contributed by atoms with Crippen molar-refractivity contribution in [2.45, 2.75) is 13.5 Å². The molecule has 0 saturated carbocycles. The minimum atomic E-state index is 1.04. The van der Waals surface area contributed by atoms with Gasteiger partial charge in [-0.2, -0.15) is 0 Å². The van der Waals surface area contributed by atoms with Crippen molar-refractivity contribution in [3.8, 4) is 0 Å². The number of rotatable bonds is 4. The molecule has 0 saturated heterocycles. The van der Waals surface area contributed by atoms with Crippen LogP contribution in [0.25, 0.3) is 0 Å². The molecule has 1 aromatic carbocycles. The van der Waals surface area contributed by atoms with E-state index >= 15 is 0 Å². The average molecular weight is 242 g/mol. The van der Waals surface area contributed by atoms with Gasteiger partial charge in [-0.25, -0.2) is 0 Å². The molecule has 1 nitrogen and oxygen atoms in total. The van der Waals surface area contributed by atoms with E-state index in [1.54, 1.807) is 0 Å². The topological polar surface area (TPSA) is 3.24 Å². The normalized spacial score (nSPS) is 10.8. The molecule has 0 aliphatic rings. The average Bonchev–Trinajstić information content (AvgIpc) is 2.04. The lowest BCUT2D eigenvalue weighted by atomic mass is 10.1. The fourth-order valence-electron chi connectivity index (χ4n) is 1.35. The highest BCUT2D eigenvalue weighted by molar-refractivity contribution is 9.09. The lowest BCUT2D eigenvalue weighted by Crippen LogP contribution is -2.19. The van der Waals surface area contributed by atoms with E-state index in [4.69, 9.17) is 0 Å². The Balaban J connectivity index is 2.53. The molecule has 0 heterocycles. The lowest BCUT2D eigenvalue weighted by molar-refractivity contribution is 0.349. The van der Waals surface area contributed by atoms with Gasteiger partial charge in [0.1, 0.15) is 0 Å². The van der Waals surface area contributed by atoms with Crippen LogP contribution in [-0.4, -0.2) is 23.8 Å². The molecule has 0 unspecified atom stereocenters. The fraction of sp³-hybridized carbons (Fsp3) is 0.455. The summed E-state index contributed by atoms with van der Waals surface area (Å²) < 4.78 is 0. The van der Waals surface area contributed by atoms with E-state index in [1.807, 2.05) is 0 Å². The molecule has 0 aliphatic carbocycles. The van der Waals surface area contributed by atoms with E-state index in [9.17, 15) is 0 Å². The zero-order valence-corrected chi connectivity index (χ0v) is 9.84. The third-order valence-electron chi connectivity index (χ3n) is 2.00. The third-order valence-corrected chi connectivity index (χ3v) is 2.36. The molecular formula is C11H16BrN. The van der Waals surface area contributed by atoms with E-state index in [-0.39, 0.29) is 0 Å². The minimum Gasteiger partial charge on any atom is -0.301 e. The van der Waals surface area contributed by atoms with Crippen molar-refractivity contribution >= 4 is 15.9 Å². The SMILES string of the molecule is Cc1cccc(CN(C)CCBr)c1. The maximum atomic E-state index is 3.44. The van der Waals surface area contributed by atoms with Crippen LogP contribution in [0.3, 0.4) is 0 Å². The summed E-state index contributed by atoms with van der Waals surface area (Å²) >= 11 is 3.44. The van der Waals surface area contributed by atoms with Crippen molar-refractivity contribution in [2.24, 2.45) is 0 Å². The molecule has 13 heavy (non-hydrogen) atoms. The first-order valence-electron chi connectivity index (χ1n) is 4.52. The summed E-state index contributed by atoms with van der Waals surface area (Å²) in [7, 11) is 2.14. The highest BCUT2D eigenvalue weighted by atomic mass is 79.9. The van der Waals surface area contributed by atoms with Crippen LogP contribution in [0, 0.1) is 6.92 Å².